The summed E-state index contributed by atoms with van der Waals surface area (Å²) in [7, 11) is 1.66. The van der Waals surface area contributed by atoms with Gasteiger partial charge < -0.3 is 14.1 Å². The van der Waals surface area contributed by atoms with Crippen LogP contribution in [0.1, 0.15) is 12.1 Å². The van der Waals surface area contributed by atoms with Crippen molar-refractivity contribution < 1.29 is 9.90 Å². The van der Waals surface area contributed by atoms with Crippen LogP contribution in [0.15, 0.2) is 41.7 Å². The zero-order chi connectivity index (χ0) is 15.7. The first kappa shape index (κ1) is 14.0. The fourth-order valence-electron chi connectivity index (χ4n) is 2.38. The van der Waals surface area contributed by atoms with Crippen molar-refractivity contribution in [3.05, 3.63) is 53.0 Å². The smallest absolute Gasteiger partial charge is 0.303 e. The Bertz CT molecular complexity index is 911. The molecule has 7 heteroatoms. The molecule has 3 aromatic heterocycles. The summed E-state index contributed by atoms with van der Waals surface area (Å²) in [5.74, 6) is -0.851. The quantitative estimate of drug-likeness (QED) is 0.779. The van der Waals surface area contributed by atoms with Gasteiger partial charge in [-0.05, 0) is 18.6 Å². The summed E-state index contributed by atoms with van der Waals surface area (Å²) in [5.41, 5.74) is 2.17. The number of aromatic nitrogens is 4. The molecule has 0 amide bonds. The normalized spacial score (nSPS) is 11.0. The van der Waals surface area contributed by atoms with E-state index in [9.17, 15) is 9.59 Å². The average Bonchev–Trinajstić information content (AvgIpc) is 2.97. The van der Waals surface area contributed by atoms with Gasteiger partial charge in [-0.25, -0.2) is 9.97 Å². The lowest BCUT2D eigenvalue weighted by Gasteiger charge is -2.08. The molecule has 0 aliphatic heterocycles. The van der Waals surface area contributed by atoms with Gasteiger partial charge in [0.1, 0.15) is 11.3 Å². The molecule has 0 radical (unpaired) electrons. The van der Waals surface area contributed by atoms with Gasteiger partial charge in [0, 0.05) is 43.1 Å². The molecule has 3 rings (SSSR count). The molecule has 7 nitrogen and oxygen atoms in total. The lowest BCUT2D eigenvalue weighted by molar-refractivity contribution is -0.136. The second-order valence-corrected chi connectivity index (χ2v) is 4.94. The molecule has 0 bridgehead atoms. The predicted octanol–water partition coefficient (Wildman–Crippen LogP) is 1.11. The maximum Gasteiger partial charge on any atom is 0.303 e. The van der Waals surface area contributed by atoms with Crippen LogP contribution in [0.3, 0.4) is 0 Å². The van der Waals surface area contributed by atoms with E-state index in [1.54, 1.807) is 48.4 Å². The van der Waals surface area contributed by atoms with Crippen molar-refractivity contribution in [1.82, 2.24) is 18.9 Å². The van der Waals surface area contributed by atoms with Gasteiger partial charge in [0.2, 0.25) is 0 Å². The van der Waals surface area contributed by atoms with Gasteiger partial charge in [0.25, 0.3) is 5.56 Å². The van der Waals surface area contributed by atoms with Crippen LogP contribution in [0, 0.1) is 0 Å². The number of hydrogen-bond acceptors (Lipinski definition) is 4. The summed E-state index contributed by atoms with van der Waals surface area (Å²) in [6.07, 6.45) is 6.96. The first-order valence-corrected chi connectivity index (χ1v) is 6.76. The number of fused-ring (bicyclic) bond motifs is 1. The Hall–Kier alpha value is -2.96. The minimum absolute atomic E-state index is 0.0397. The summed E-state index contributed by atoms with van der Waals surface area (Å²) in [4.78, 5) is 31.4. The highest BCUT2D eigenvalue weighted by molar-refractivity contribution is 5.75. The number of rotatable bonds is 4. The predicted molar refractivity (Wildman–Crippen MR) is 79.6 cm³/mol. The Balaban J connectivity index is 2.15. The lowest BCUT2D eigenvalue weighted by atomic mass is 10.1. The summed E-state index contributed by atoms with van der Waals surface area (Å²) < 4.78 is 3.26. The molecular weight excluding hydrogens is 284 g/mol. The molecule has 3 heterocycles. The second-order valence-electron chi connectivity index (χ2n) is 4.94. The van der Waals surface area contributed by atoms with E-state index in [1.807, 2.05) is 0 Å². The molecule has 0 atom stereocenters. The molecule has 112 valence electrons. The van der Waals surface area contributed by atoms with E-state index in [1.165, 1.54) is 4.57 Å². The number of carbonyl (C=O) groups is 1. The Morgan fingerprint density at radius 1 is 1.23 bits per heavy atom. The molecular formula is C15H14N4O3. The largest absolute Gasteiger partial charge is 0.481 e. The number of nitrogens with zero attached hydrogens (tertiary/aromatic N) is 4. The Morgan fingerprint density at radius 2 is 2.00 bits per heavy atom. The molecule has 0 saturated carbocycles. The van der Waals surface area contributed by atoms with Crippen LogP contribution in [0.2, 0.25) is 0 Å². The Kier molecular flexibility index (Phi) is 3.46. The van der Waals surface area contributed by atoms with Crippen LogP contribution in [-0.4, -0.2) is 30.0 Å². The minimum atomic E-state index is -0.851. The number of hydrogen-bond donors (Lipinski definition) is 1. The van der Waals surface area contributed by atoms with E-state index in [0.717, 1.165) is 5.69 Å². The van der Waals surface area contributed by atoms with E-state index in [0.29, 0.717) is 23.3 Å². The molecule has 22 heavy (non-hydrogen) atoms. The number of carboxylic acid groups (broad SMARTS) is 1. The topological polar surface area (TPSA) is 89.5 Å². The molecule has 0 spiro atoms. The second kappa shape index (κ2) is 5.44. The van der Waals surface area contributed by atoms with Gasteiger partial charge in [0.15, 0.2) is 0 Å². The first-order valence-electron chi connectivity index (χ1n) is 6.76. The van der Waals surface area contributed by atoms with Crippen molar-refractivity contribution in [3.63, 3.8) is 0 Å². The maximum absolute atomic E-state index is 12.2. The summed E-state index contributed by atoms with van der Waals surface area (Å²) in [6, 6.07) is 3.57. The van der Waals surface area contributed by atoms with Crippen LogP contribution in [0.5, 0.6) is 0 Å². The van der Waals surface area contributed by atoms with Crippen LogP contribution in [-0.2, 0) is 18.3 Å². The SMILES string of the molecule is Cn1ccnc(-c2ccc(CCC(=O)O)n3ccnc23)c1=O. The third-order valence-corrected chi connectivity index (χ3v) is 3.50. The number of carboxylic acids is 1. The van der Waals surface area contributed by atoms with Gasteiger partial charge in [-0.2, -0.15) is 0 Å². The van der Waals surface area contributed by atoms with Crippen molar-refractivity contribution in [1.29, 1.82) is 0 Å². The van der Waals surface area contributed by atoms with Crippen molar-refractivity contribution >= 4 is 11.6 Å². The molecule has 0 unspecified atom stereocenters. The molecule has 0 fully saturated rings. The van der Waals surface area contributed by atoms with E-state index >= 15 is 0 Å². The van der Waals surface area contributed by atoms with E-state index in [2.05, 4.69) is 9.97 Å². The van der Waals surface area contributed by atoms with Crippen LogP contribution >= 0.6 is 0 Å². The Morgan fingerprint density at radius 3 is 2.77 bits per heavy atom. The summed E-state index contributed by atoms with van der Waals surface area (Å²) in [6.45, 7) is 0. The molecule has 1 N–H and O–H groups in total. The van der Waals surface area contributed by atoms with Gasteiger partial charge in [-0.1, -0.05) is 0 Å². The molecule has 0 aliphatic rings. The number of pyridine rings is 1. The minimum Gasteiger partial charge on any atom is -0.481 e. The first-order chi connectivity index (χ1) is 10.6. The van der Waals surface area contributed by atoms with Crippen LogP contribution < -0.4 is 5.56 Å². The van der Waals surface area contributed by atoms with Crippen molar-refractivity contribution in [2.45, 2.75) is 12.8 Å². The van der Waals surface area contributed by atoms with Gasteiger partial charge in [-0.15, -0.1) is 0 Å². The average molecular weight is 298 g/mol. The summed E-state index contributed by atoms with van der Waals surface area (Å²) >= 11 is 0. The summed E-state index contributed by atoms with van der Waals surface area (Å²) in [5, 5.41) is 8.82. The molecule has 0 aromatic carbocycles. The highest BCUT2D eigenvalue weighted by Gasteiger charge is 2.14. The monoisotopic (exact) mass is 298 g/mol. The third kappa shape index (κ3) is 2.37. The van der Waals surface area contributed by atoms with Gasteiger partial charge >= 0.3 is 5.97 Å². The number of aryl methyl sites for hydroxylation is 2. The molecule has 0 aliphatic carbocycles. The Labute approximate surface area is 125 Å². The highest BCUT2D eigenvalue weighted by Crippen LogP contribution is 2.21. The number of imidazole rings is 1. The van der Waals surface area contributed by atoms with Crippen LogP contribution in [0.4, 0.5) is 0 Å². The fourth-order valence-corrected chi connectivity index (χ4v) is 2.38. The van der Waals surface area contributed by atoms with Crippen LogP contribution in [0.25, 0.3) is 16.9 Å². The van der Waals surface area contributed by atoms with Gasteiger partial charge in [0.05, 0.1) is 6.42 Å². The fraction of sp³-hybridized carbons (Fsp3) is 0.200. The highest BCUT2D eigenvalue weighted by atomic mass is 16.4. The van der Waals surface area contributed by atoms with Crippen molar-refractivity contribution in [2.24, 2.45) is 7.05 Å². The molecule has 3 aromatic rings. The van der Waals surface area contributed by atoms with E-state index in [-0.39, 0.29) is 12.0 Å². The lowest BCUT2D eigenvalue weighted by Crippen LogP contribution is -2.19. The van der Waals surface area contributed by atoms with E-state index < -0.39 is 5.97 Å². The van der Waals surface area contributed by atoms with Crippen molar-refractivity contribution in [3.8, 4) is 11.3 Å². The number of aliphatic carboxylic acids is 1. The maximum atomic E-state index is 12.2. The molecule has 0 saturated heterocycles. The third-order valence-electron chi connectivity index (χ3n) is 3.50. The standard InChI is InChI=1S/C15H14N4O3/c1-18-8-6-16-13(15(18)22)11-4-2-10(3-5-12(20)21)19-9-7-17-14(11)19/h2,4,6-9H,3,5H2,1H3,(H,20,21). The van der Waals surface area contributed by atoms with E-state index in [4.69, 9.17) is 5.11 Å². The van der Waals surface area contributed by atoms with Crippen molar-refractivity contribution in [2.75, 3.05) is 0 Å². The zero-order valence-electron chi connectivity index (χ0n) is 11.9. The zero-order valence-corrected chi connectivity index (χ0v) is 11.9. The van der Waals surface area contributed by atoms with Gasteiger partial charge in [-0.3, -0.25) is 9.59 Å².